The van der Waals surface area contributed by atoms with Crippen molar-refractivity contribution in [2.24, 2.45) is 0 Å². The molecule has 0 heterocycles. The van der Waals surface area contributed by atoms with Crippen LogP contribution in [0.4, 0.5) is 8.78 Å². The fourth-order valence-electron chi connectivity index (χ4n) is 2.23. The second-order valence-electron chi connectivity index (χ2n) is 4.51. The average Bonchev–Trinajstić information content (AvgIpc) is 2.44. The van der Waals surface area contributed by atoms with Crippen LogP contribution in [-0.4, -0.2) is 13.7 Å². The lowest BCUT2D eigenvalue weighted by Crippen LogP contribution is -2.20. The van der Waals surface area contributed by atoms with Gasteiger partial charge in [-0.05, 0) is 43.8 Å². The molecule has 0 saturated carbocycles. The Morgan fingerprint density at radius 2 is 1.71 bits per heavy atom. The van der Waals surface area contributed by atoms with Crippen molar-refractivity contribution in [2.75, 3.05) is 13.7 Å². The van der Waals surface area contributed by atoms with E-state index in [1.807, 2.05) is 6.92 Å². The number of rotatable bonds is 5. The van der Waals surface area contributed by atoms with Gasteiger partial charge >= 0.3 is 0 Å². The van der Waals surface area contributed by atoms with Crippen LogP contribution in [0.15, 0.2) is 40.9 Å². The van der Waals surface area contributed by atoms with Crippen LogP contribution in [-0.2, 0) is 0 Å². The van der Waals surface area contributed by atoms with E-state index in [4.69, 9.17) is 4.74 Å². The molecule has 0 bridgehead atoms. The minimum atomic E-state index is -0.588. The Morgan fingerprint density at radius 1 is 1.14 bits per heavy atom. The Labute approximate surface area is 131 Å². The molecule has 0 aliphatic heterocycles. The third kappa shape index (κ3) is 3.60. The molecule has 1 unspecified atom stereocenters. The average molecular weight is 356 g/mol. The molecule has 0 aliphatic rings. The normalized spacial score (nSPS) is 12.2. The van der Waals surface area contributed by atoms with Crippen LogP contribution >= 0.6 is 15.9 Å². The maximum absolute atomic E-state index is 14.1. The topological polar surface area (TPSA) is 21.3 Å². The van der Waals surface area contributed by atoms with Gasteiger partial charge in [0.15, 0.2) is 0 Å². The van der Waals surface area contributed by atoms with E-state index in [9.17, 15) is 8.78 Å². The summed E-state index contributed by atoms with van der Waals surface area (Å²) in [7, 11) is 1.67. The first-order valence-corrected chi connectivity index (χ1v) is 7.40. The van der Waals surface area contributed by atoms with Crippen LogP contribution in [0.3, 0.4) is 0 Å². The number of hydrogen-bond acceptors (Lipinski definition) is 2. The minimum absolute atomic E-state index is 0.00450. The molecule has 0 spiro atoms. The van der Waals surface area contributed by atoms with Crippen molar-refractivity contribution in [3.8, 4) is 5.75 Å². The first kappa shape index (κ1) is 15.9. The molecule has 2 rings (SSSR count). The Morgan fingerprint density at radius 3 is 2.19 bits per heavy atom. The van der Waals surface area contributed by atoms with Crippen molar-refractivity contribution in [3.63, 3.8) is 0 Å². The molecule has 0 aromatic heterocycles. The van der Waals surface area contributed by atoms with Crippen LogP contribution in [0.2, 0.25) is 0 Å². The van der Waals surface area contributed by atoms with E-state index in [0.29, 0.717) is 11.1 Å². The summed E-state index contributed by atoms with van der Waals surface area (Å²) in [5.41, 5.74) is 0.769. The molecular formula is C16H16BrF2NO. The van der Waals surface area contributed by atoms with Gasteiger partial charge in [0, 0.05) is 10.0 Å². The first-order valence-electron chi connectivity index (χ1n) is 6.61. The Hall–Kier alpha value is -1.46. The van der Waals surface area contributed by atoms with Crippen LogP contribution in [0.25, 0.3) is 0 Å². The first-order chi connectivity index (χ1) is 10.1. The SMILES string of the molecule is CCOc1ccc(C(NC)c2c(F)cc(Br)cc2F)cc1. The van der Waals surface area contributed by atoms with E-state index in [2.05, 4.69) is 21.2 Å². The monoisotopic (exact) mass is 355 g/mol. The molecule has 2 nitrogen and oxygen atoms in total. The fourth-order valence-corrected chi connectivity index (χ4v) is 2.63. The molecule has 0 fully saturated rings. The molecule has 0 amide bonds. The second-order valence-corrected chi connectivity index (χ2v) is 5.42. The summed E-state index contributed by atoms with van der Waals surface area (Å²) in [4.78, 5) is 0. The lowest BCUT2D eigenvalue weighted by atomic mass is 9.97. The van der Waals surface area contributed by atoms with E-state index < -0.39 is 17.7 Å². The highest BCUT2D eigenvalue weighted by molar-refractivity contribution is 9.10. The van der Waals surface area contributed by atoms with Crippen LogP contribution < -0.4 is 10.1 Å². The largest absolute Gasteiger partial charge is 0.494 e. The highest BCUT2D eigenvalue weighted by Crippen LogP contribution is 2.30. The summed E-state index contributed by atoms with van der Waals surface area (Å²) >= 11 is 3.08. The Balaban J connectivity index is 2.40. The molecule has 112 valence electrons. The number of nitrogens with one attached hydrogen (secondary N) is 1. The minimum Gasteiger partial charge on any atom is -0.494 e. The maximum atomic E-state index is 14.1. The van der Waals surface area contributed by atoms with Gasteiger partial charge in [-0.3, -0.25) is 0 Å². The summed E-state index contributed by atoms with van der Waals surface area (Å²) < 4.78 is 33.9. The molecule has 0 saturated heterocycles. The standard InChI is InChI=1S/C16H16BrF2NO/c1-3-21-12-6-4-10(5-7-12)16(20-2)15-13(18)8-11(17)9-14(15)19/h4-9,16,20H,3H2,1-2H3. The van der Waals surface area contributed by atoms with Gasteiger partial charge < -0.3 is 10.1 Å². The van der Waals surface area contributed by atoms with Crippen molar-refractivity contribution < 1.29 is 13.5 Å². The smallest absolute Gasteiger partial charge is 0.132 e. The van der Waals surface area contributed by atoms with Gasteiger partial charge in [-0.25, -0.2) is 8.78 Å². The molecular weight excluding hydrogens is 340 g/mol. The summed E-state index contributed by atoms with van der Waals surface area (Å²) in [6, 6.07) is 9.14. The molecule has 0 radical (unpaired) electrons. The van der Waals surface area contributed by atoms with E-state index >= 15 is 0 Å². The predicted octanol–water partition coefficient (Wildman–Crippen LogP) is 4.43. The van der Waals surface area contributed by atoms with Gasteiger partial charge in [0.25, 0.3) is 0 Å². The Kier molecular flexibility index (Phi) is 5.31. The van der Waals surface area contributed by atoms with E-state index in [0.717, 1.165) is 11.3 Å². The van der Waals surface area contributed by atoms with Crippen LogP contribution in [0, 0.1) is 11.6 Å². The van der Waals surface area contributed by atoms with Crippen molar-refractivity contribution in [1.82, 2.24) is 5.32 Å². The quantitative estimate of drug-likeness (QED) is 0.856. The molecule has 21 heavy (non-hydrogen) atoms. The third-order valence-corrected chi connectivity index (χ3v) is 3.60. The molecule has 1 N–H and O–H groups in total. The second kappa shape index (κ2) is 7.00. The zero-order chi connectivity index (χ0) is 15.4. The molecule has 1 atom stereocenters. The zero-order valence-corrected chi connectivity index (χ0v) is 13.4. The van der Waals surface area contributed by atoms with Crippen molar-refractivity contribution in [3.05, 3.63) is 63.6 Å². The summed E-state index contributed by atoms with van der Waals surface area (Å²) in [5, 5.41) is 2.95. The number of hydrogen-bond donors (Lipinski definition) is 1. The molecule has 0 aliphatic carbocycles. The van der Waals surface area contributed by atoms with Gasteiger partial charge in [-0.2, -0.15) is 0 Å². The number of benzene rings is 2. The van der Waals surface area contributed by atoms with Gasteiger partial charge in [0.05, 0.1) is 12.6 Å². The molecule has 5 heteroatoms. The highest BCUT2D eigenvalue weighted by Gasteiger charge is 2.21. The maximum Gasteiger partial charge on any atom is 0.132 e. The van der Waals surface area contributed by atoms with Gasteiger partial charge in [-0.1, -0.05) is 28.1 Å². The van der Waals surface area contributed by atoms with Gasteiger partial charge in [-0.15, -0.1) is 0 Å². The lowest BCUT2D eigenvalue weighted by molar-refractivity contribution is 0.340. The van der Waals surface area contributed by atoms with Crippen molar-refractivity contribution in [1.29, 1.82) is 0 Å². The van der Waals surface area contributed by atoms with Crippen molar-refractivity contribution in [2.45, 2.75) is 13.0 Å². The lowest BCUT2D eigenvalue weighted by Gasteiger charge is -2.19. The van der Waals surface area contributed by atoms with Crippen LogP contribution in [0.5, 0.6) is 5.75 Å². The zero-order valence-electron chi connectivity index (χ0n) is 11.8. The third-order valence-electron chi connectivity index (χ3n) is 3.15. The van der Waals surface area contributed by atoms with Crippen LogP contribution in [0.1, 0.15) is 24.1 Å². The summed E-state index contributed by atoms with van der Waals surface area (Å²) in [6.07, 6.45) is 0. The summed E-state index contributed by atoms with van der Waals surface area (Å²) in [5.74, 6) is -0.446. The van der Waals surface area contributed by atoms with Crippen molar-refractivity contribution >= 4 is 15.9 Å². The summed E-state index contributed by atoms with van der Waals surface area (Å²) in [6.45, 7) is 2.47. The number of ether oxygens (including phenoxy) is 1. The molecule has 2 aromatic carbocycles. The van der Waals surface area contributed by atoms with Gasteiger partial charge in [0.2, 0.25) is 0 Å². The fraction of sp³-hybridized carbons (Fsp3) is 0.250. The molecule has 2 aromatic rings. The van der Waals surface area contributed by atoms with E-state index in [1.54, 1.807) is 31.3 Å². The van der Waals surface area contributed by atoms with E-state index in [-0.39, 0.29) is 5.56 Å². The Bertz CT molecular complexity index is 593. The highest BCUT2D eigenvalue weighted by atomic mass is 79.9. The predicted molar refractivity (Wildman–Crippen MR) is 82.6 cm³/mol. The number of halogens is 3. The van der Waals surface area contributed by atoms with E-state index in [1.165, 1.54) is 12.1 Å². The van der Waals surface area contributed by atoms with Gasteiger partial charge in [0.1, 0.15) is 17.4 Å².